The number of carbonyl (C=O) groups excluding carboxylic acids is 1. The van der Waals surface area contributed by atoms with Gasteiger partial charge in [-0.05, 0) is 25.2 Å². The van der Waals surface area contributed by atoms with Crippen LogP contribution in [0.25, 0.3) is 0 Å². The average Bonchev–Trinajstić information content (AvgIpc) is 2.28. The molecule has 0 heterocycles. The Kier molecular flexibility index (Phi) is 5.96. The van der Waals surface area contributed by atoms with E-state index in [1.165, 1.54) is 32.8 Å². The van der Waals surface area contributed by atoms with Crippen LogP contribution in [0.5, 0.6) is 0 Å². The zero-order valence-electron chi connectivity index (χ0n) is 11.7. The number of carbonyl (C=O) groups is 1. The van der Waals surface area contributed by atoms with Crippen molar-refractivity contribution in [1.82, 2.24) is 5.32 Å². The summed E-state index contributed by atoms with van der Waals surface area (Å²) >= 11 is 0. The summed E-state index contributed by atoms with van der Waals surface area (Å²) in [6.07, 6.45) is 6.27. The molecular formula is C14H27NO2. The Hall–Kier alpha value is -0.570. The van der Waals surface area contributed by atoms with Gasteiger partial charge in [0.2, 0.25) is 0 Å². The Balaban J connectivity index is 2.43. The standard InChI is InChI=1S/C14H27NO2/c1-5-10(2)13(14(16)17-4)15-11(3)9-12-7-6-8-12/h10-13,15H,5-9H2,1-4H3. The third-order valence-corrected chi connectivity index (χ3v) is 4.04. The van der Waals surface area contributed by atoms with Crippen LogP contribution in [0.4, 0.5) is 0 Å². The molecule has 1 rings (SSSR count). The molecule has 0 aliphatic heterocycles. The van der Waals surface area contributed by atoms with Crippen molar-refractivity contribution in [2.45, 2.75) is 65.0 Å². The van der Waals surface area contributed by atoms with E-state index in [0.717, 1.165) is 12.3 Å². The molecule has 1 N–H and O–H groups in total. The summed E-state index contributed by atoms with van der Waals surface area (Å²) in [5.41, 5.74) is 0. The van der Waals surface area contributed by atoms with E-state index in [9.17, 15) is 4.79 Å². The van der Waals surface area contributed by atoms with Crippen molar-refractivity contribution in [2.75, 3.05) is 7.11 Å². The minimum atomic E-state index is -0.153. The monoisotopic (exact) mass is 241 g/mol. The van der Waals surface area contributed by atoms with Gasteiger partial charge in [0.25, 0.3) is 0 Å². The van der Waals surface area contributed by atoms with Crippen LogP contribution < -0.4 is 5.32 Å². The fraction of sp³-hybridized carbons (Fsp3) is 0.929. The van der Waals surface area contributed by atoms with E-state index in [1.807, 2.05) is 0 Å². The van der Waals surface area contributed by atoms with Gasteiger partial charge in [-0.3, -0.25) is 4.79 Å². The first kappa shape index (κ1) is 14.5. The summed E-state index contributed by atoms with van der Waals surface area (Å²) in [6.45, 7) is 6.39. The number of rotatable bonds is 7. The Morgan fingerprint density at radius 1 is 1.41 bits per heavy atom. The molecule has 1 saturated carbocycles. The highest BCUT2D eigenvalue weighted by molar-refractivity contribution is 5.76. The largest absolute Gasteiger partial charge is 0.468 e. The van der Waals surface area contributed by atoms with E-state index in [4.69, 9.17) is 4.74 Å². The van der Waals surface area contributed by atoms with Gasteiger partial charge in [-0.25, -0.2) is 0 Å². The van der Waals surface area contributed by atoms with E-state index < -0.39 is 0 Å². The summed E-state index contributed by atoms with van der Waals surface area (Å²) in [4.78, 5) is 11.7. The zero-order chi connectivity index (χ0) is 12.8. The third kappa shape index (κ3) is 4.30. The molecule has 0 amide bonds. The van der Waals surface area contributed by atoms with Crippen molar-refractivity contribution in [2.24, 2.45) is 11.8 Å². The molecule has 0 aromatic rings. The van der Waals surface area contributed by atoms with Gasteiger partial charge >= 0.3 is 5.97 Å². The van der Waals surface area contributed by atoms with Crippen LogP contribution in [0.3, 0.4) is 0 Å². The number of hydrogen-bond donors (Lipinski definition) is 1. The lowest BCUT2D eigenvalue weighted by Crippen LogP contribution is -2.47. The second kappa shape index (κ2) is 7.00. The zero-order valence-corrected chi connectivity index (χ0v) is 11.7. The average molecular weight is 241 g/mol. The molecule has 3 nitrogen and oxygen atoms in total. The van der Waals surface area contributed by atoms with Gasteiger partial charge in [0, 0.05) is 6.04 Å². The fourth-order valence-corrected chi connectivity index (χ4v) is 2.43. The van der Waals surface area contributed by atoms with E-state index in [1.54, 1.807) is 0 Å². The van der Waals surface area contributed by atoms with Crippen LogP contribution >= 0.6 is 0 Å². The van der Waals surface area contributed by atoms with Crippen LogP contribution in [0, 0.1) is 11.8 Å². The van der Waals surface area contributed by atoms with Crippen molar-refractivity contribution in [1.29, 1.82) is 0 Å². The quantitative estimate of drug-likeness (QED) is 0.697. The minimum absolute atomic E-state index is 0.125. The first-order valence-corrected chi connectivity index (χ1v) is 6.92. The molecule has 17 heavy (non-hydrogen) atoms. The number of nitrogens with one attached hydrogen (secondary N) is 1. The van der Waals surface area contributed by atoms with E-state index in [-0.39, 0.29) is 12.0 Å². The van der Waals surface area contributed by atoms with Crippen molar-refractivity contribution in [3.05, 3.63) is 0 Å². The summed E-state index contributed by atoms with van der Waals surface area (Å²) in [5, 5.41) is 3.44. The molecule has 0 bridgehead atoms. The Morgan fingerprint density at radius 3 is 2.47 bits per heavy atom. The highest BCUT2D eigenvalue weighted by Crippen LogP contribution is 2.30. The van der Waals surface area contributed by atoms with Gasteiger partial charge in [-0.1, -0.05) is 39.5 Å². The summed E-state index contributed by atoms with van der Waals surface area (Å²) in [7, 11) is 1.47. The van der Waals surface area contributed by atoms with Crippen LogP contribution in [0.1, 0.15) is 52.9 Å². The molecule has 0 saturated heterocycles. The maximum atomic E-state index is 11.7. The highest BCUT2D eigenvalue weighted by Gasteiger charge is 2.28. The minimum Gasteiger partial charge on any atom is -0.468 e. The van der Waals surface area contributed by atoms with Crippen LogP contribution in [-0.2, 0) is 9.53 Å². The first-order valence-electron chi connectivity index (χ1n) is 6.92. The summed E-state index contributed by atoms with van der Waals surface area (Å²) in [6, 6.07) is 0.249. The highest BCUT2D eigenvalue weighted by atomic mass is 16.5. The molecule has 1 fully saturated rings. The number of ether oxygens (including phenoxy) is 1. The third-order valence-electron chi connectivity index (χ3n) is 4.04. The van der Waals surface area contributed by atoms with Gasteiger partial charge in [0.1, 0.15) is 6.04 Å². The maximum Gasteiger partial charge on any atom is 0.323 e. The van der Waals surface area contributed by atoms with Crippen LogP contribution in [0.15, 0.2) is 0 Å². The molecular weight excluding hydrogens is 214 g/mol. The lowest BCUT2D eigenvalue weighted by atomic mass is 9.81. The Morgan fingerprint density at radius 2 is 2.06 bits per heavy atom. The van der Waals surface area contributed by atoms with E-state index >= 15 is 0 Å². The number of esters is 1. The second-order valence-electron chi connectivity index (χ2n) is 5.49. The molecule has 3 heteroatoms. The second-order valence-corrected chi connectivity index (χ2v) is 5.49. The lowest BCUT2D eigenvalue weighted by Gasteiger charge is -2.31. The number of hydrogen-bond acceptors (Lipinski definition) is 3. The molecule has 100 valence electrons. The lowest BCUT2D eigenvalue weighted by molar-refractivity contribution is -0.144. The normalized spacial score (nSPS) is 21.4. The van der Waals surface area contributed by atoms with Gasteiger partial charge in [-0.15, -0.1) is 0 Å². The van der Waals surface area contributed by atoms with Crippen molar-refractivity contribution in [3.63, 3.8) is 0 Å². The van der Waals surface area contributed by atoms with Gasteiger partial charge < -0.3 is 10.1 Å². The molecule has 0 aromatic heterocycles. The SMILES string of the molecule is CCC(C)C(NC(C)CC1CCC1)C(=O)OC. The Bertz CT molecular complexity index is 238. The molecule has 3 atom stereocenters. The molecule has 3 unspecified atom stereocenters. The molecule has 0 aromatic carbocycles. The van der Waals surface area contributed by atoms with E-state index in [2.05, 4.69) is 26.1 Å². The molecule has 1 aliphatic carbocycles. The predicted octanol–water partition coefficient (Wildman–Crippen LogP) is 2.74. The predicted molar refractivity (Wildman–Crippen MR) is 69.8 cm³/mol. The first-order chi connectivity index (χ1) is 8.08. The van der Waals surface area contributed by atoms with E-state index in [0.29, 0.717) is 12.0 Å². The van der Waals surface area contributed by atoms with Gasteiger partial charge in [0.15, 0.2) is 0 Å². The Labute approximate surface area is 105 Å². The van der Waals surface area contributed by atoms with Crippen molar-refractivity contribution in [3.8, 4) is 0 Å². The van der Waals surface area contributed by atoms with Gasteiger partial charge in [0.05, 0.1) is 7.11 Å². The fourth-order valence-electron chi connectivity index (χ4n) is 2.43. The molecule has 0 spiro atoms. The topological polar surface area (TPSA) is 38.3 Å². The smallest absolute Gasteiger partial charge is 0.323 e. The van der Waals surface area contributed by atoms with Crippen LogP contribution in [-0.4, -0.2) is 25.2 Å². The van der Waals surface area contributed by atoms with Crippen molar-refractivity contribution >= 4 is 5.97 Å². The summed E-state index contributed by atoms with van der Waals surface area (Å²) < 4.78 is 4.88. The number of methoxy groups -OCH3 is 1. The van der Waals surface area contributed by atoms with Crippen LogP contribution in [0.2, 0.25) is 0 Å². The molecule has 1 aliphatic rings. The molecule has 0 radical (unpaired) electrons. The maximum absolute atomic E-state index is 11.7. The van der Waals surface area contributed by atoms with Gasteiger partial charge in [-0.2, -0.15) is 0 Å². The van der Waals surface area contributed by atoms with Crippen molar-refractivity contribution < 1.29 is 9.53 Å². The summed E-state index contributed by atoms with van der Waals surface area (Å²) in [5.74, 6) is 1.07.